The Balaban J connectivity index is 2.09. The molecule has 16 heavy (non-hydrogen) atoms. The first-order chi connectivity index (χ1) is 7.43. The molecule has 8 heteroatoms. The topological polar surface area (TPSA) is 96.2 Å². The Morgan fingerprint density at radius 3 is 2.62 bits per heavy atom. The van der Waals surface area contributed by atoms with Gasteiger partial charge in [-0.25, -0.2) is 4.79 Å². The summed E-state index contributed by atoms with van der Waals surface area (Å²) in [6.07, 6.45) is -4.64. The molecule has 3 N–H and O–H groups in total. The molecule has 0 aromatic heterocycles. The Morgan fingerprint density at radius 2 is 2.12 bits per heavy atom. The molecule has 0 aromatic rings. The fraction of sp³-hybridized carbons (Fsp3) is 0.875. The zero-order valence-electron chi connectivity index (χ0n) is 8.40. The third kappa shape index (κ3) is 2.47. The zero-order valence-corrected chi connectivity index (χ0v) is 10.0. The van der Waals surface area contributed by atoms with Gasteiger partial charge in [-0.2, -0.15) is 0 Å². The molecule has 4 atom stereocenters. The molecule has 92 valence electrons. The van der Waals surface area contributed by atoms with Crippen molar-refractivity contribution in [2.45, 2.75) is 35.6 Å². The monoisotopic (exact) mass is 268 g/mol. The molecule has 0 aliphatic carbocycles. The molecule has 0 radical (unpaired) electrons. The van der Waals surface area contributed by atoms with E-state index in [9.17, 15) is 15.0 Å². The fourth-order valence-corrected chi connectivity index (χ4v) is 2.49. The lowest BCUT2D eigenvalue weighted by molar-refractivity contribution is -0.217. The van der Waals surface area contributed by atoms with Crippen LogP contribution in [0.3, 0.4) is 0 Å². The van der Waals surface area contributed by atoms with Crippen LogP contribution in [0.5, 0.6) is 0 Å². The van der Waals surface area contributed by atoms with Gasteiger partial charge in [0.15, 0.2) is 10.4 Å². The SMILES string of the molecule is CC1(OC2C(C(=O)O)OCC(O)C2O)SS1. The second-order valence-electron chi connectivity index (χ2n) is 3.76. The van der Waals surface area contributed by atoms with Crippen LogP contribution < -0.4 is 0 Å². The molecule has 6 nitrogen and oxygen atoms in total. The summed E-state index contributed by atoms with van der Waals surface area (Å²) in [6.45, 7) is 1.57. The normalized spacial score (nSPS) is 41.7. The molecule has 2 saturated heterocycles. The first-order valence-electron chi connectivity index (χ1n) is 4.68. The van der Waals surface area contributed by atoms with Crippen molar-refractivity contribution in [3.8, 4) is 0 Å². The van der Waals surface area contributed by atoms with Crippen LogP contribution in [0.1, 0.15) is 6.92 Å². The molecule has 0 saturated carbocycles. The van der Waals surface area contributed by atoms with Gasteiger partial charge >= 0.3 is 5.97 Å². The third-order valence-electron chi connectivity index (χ3n) is 2.39. The largest absolute Gasteiger partial charge is 0.479 e. The van der Waals surface area contributed by atoms with Gasteiger partial charge in [0.05, 0.1) is 6.61 Å². The number of carboxylic acid groups (broad SMARTS) is 1. The average Bonchev–Trinajstić information content (AvgIpc) is 2.91. The lowest BCUT2D eigenvalue weighted by Gasteiger charge is -2.36. The zero-order chi connectivity index (χ0) is 11.9. The van der Waals surface area contributed by atoms with Crippen molar-refractivity contribution in [1.29, 1.82) is 0 Å². The van der Waals surface area contributed by atoms with E-state index in [1.165, 1.54) is 21.6 Å². The maximum atomic E-state index is 10.9. The van der Waals surface area contributed by atoms with Gasteiger partial charge < -0.3 is 24.8 Å². The number of aliphatic hydroxyl groups is 2. The van der Waals surface area contributed by atoms with E-state index in [2.05, 4.69) is 0 Å². The Bertz CT molecular complexity index is 294. The molecular weight excluding hydrogens is 256 g/mol. The van der Waals surface area contributed by atoms with Crippen LogP contribution >= 0.6 is 21.6 Å². The standard InChI is InChI=1S/C8H12O6S2/c1-8(15-16-8)14-5-4(10)3(9)2-13-6(5)7(11)12/h3-6,9-10H,2H2,1H3,(H,11,12). The fourth-order valence-electron chi connectivity index (χ4n) is 1.48. The minimum atomic E-state index is -1.24. The van der Waals surface area contributed by atoms with E-state index in [0.717, 1.165) is 0 Å². The van der Waals surface area contributed by atoms with Crippen LogP contribution in [0.25, 0.3) is 0 Å². The first-order valence-corrected chi connectivity index (χ1v) is 6.83. The summed E-state index contributed by atoms with van der Waals surface area (Å²) in [6, 6.07) is 0. The first kappa shape index (κ1) is 12.5. The van der Waals surface area contributed by atoms with Gasteiger partial charge in [0, 0.05) is 0 Å². The van der Waals surface area contributed by atoms with Crippen molar-refractivity contribution < 1.29 is 29.6 Å². The van der Waals surface area contributed by atoms with E-state index >= 15 is 0 Å². The highest BCUT2D eigenvalue weighted by Crippen LogP contribution is 2.65. The molecule has 0 amide bonds. The van der Waals surface area contributed by atoms with E-state index in [1.807, 2.05) is 0 Å². The highest BCUT2D eigenvalue weighted by Gasteiger charge is 2.52. The smallest absolute Gasteiger partial charge is 0.335 e. The van der Waals surface area contributed by atoms with E-state index in [4.69, 9.17) is 14.6 Å². The van der Waals surface area contributed by atoms with E-state index in [1.54, 1.807) is 6.92 Å². The van der Waals surface area contributed by atoms with Gasteiger partial charge in [0.25, 0.3) is 0 Å². The number of hydrogen-bond acceptors (Lipinski definition) is 7. The van der Waals surface area contributed by atoms with Gasteiger partial charge in [-0.05, 0) is 28.5 Å². The third-order valence-corrected chi connectivity index (χ3v) is 5.12. The second-order valence-corrected chi connectivity index (χ2v) is 6.91. The van der Waals surface area contributed by atoms with Crippen LogP contribution in [-0.4, -0.2) is 56.6 Å². The molecule has 0 spiro atoms. The Labute approximate surface area is 99.7 Å². The lowest BCUT2D eigenvalue weighted by atomic mass is 10.00. The second kappa shape index (κ2) is 4.35. The van der Waals surface area contributed by atoms with Crippen LogP contribution in [-0.2, 0) is 14.3 Å². The molecule has 4 unspecified atom stereocenters. The highest BCUT2D eigenvalue weighted by molar-refractivity contribution is 8.93. The predicted octanol–water partition coefficient (Wildman–Crippen LogP) is -0.354. The van der Waals surface area contributed by atoms with Crippen molar-refractivity contribution in [3.63, 3.8) is 0 Å². The number of rotatable bonds is 3. The molecular formula is C8H12O6S2. The number of aliphatic carboxylic acids is 1. The van der Waals surface area contributed by atoms with E-state index in [-0.39, 0.29) is 6.61 Å². The Morgan fingerprint density at radius 1 is 1.50 bits per heavy atom. The summed E-state index contributed by atoms with van der Waals surface area (Å²) in [5.74, 6) is -1.20. The van der Waals surface area contributed by atoms with Crippen LogP contribution in [0.4, 0.5) is 0 Å². The molecule has 0 aromatic carbocycles. The number of aliphatic hydroxyl groups excluding tert-OH is 2. The predicted molar refractivity (Wildman–Crippen MR) is 57.8 cm³/mol. The summed E-state index contributed by atoms with van der Waals surface area (Å²) in [4.78, 5) is 10.9. The maximum absolute atomic E-state index is 10.9. The van der Waals surface area contributed by atoms with Crippen LogP contribution in [0.2, 0.25) is 0 Å². The van der Waals surface area contributed by atoms with Gasteiger partial charge in [-0.3, -0.25) is 0 Å². The van der Waals surface area contributed by atoms with Crippen LogP contribution in [0.15, 0.2) is 0 Å². The average molecular weight is 268 g/mol. The number of carboxylic acids is 1. The summed E-state index contributed by atoms with van der Waals surface area (Å²) >= 11 is 0. The number of hydrogen-bond donors (Lipinski definition) is 3. The van der Waals surface area contributed by atoms with Gasteiger partial charge in [-0.1, -0.05) is 0 Å². The number of ether oxygens (including phenoxy) is 2. The highest BCUT2D eigenvalue weighted by atomic mass is 33.2. The molecule has 2 fully saturated rings. The van der Waals surface area contributed by atoms with E-state index in [0.29, 0.717) is 0 Å². The van der Waals surface area contributed by atoms with E-state index < -0.39 is 34.7 Å². The molecule has 2 aliphatic heterocycles. The molecule has 2 heterocycles. The van der Waals surface area contributed by atoms with Crippen molar-refractivity contribution in [1.82, 2.24) is 0 Å². The van der Waals surface area contributed by atoms with Gasteiger partial charge in [0.1, 0.15) is 18.3 Å². The summed E-state index contributed by atoms with van der Waals surface area (Å²) < 4.78 is 9.87. The summed E-state index contributed by atoms with van der Waals surface area (Å²) in [5.41, 5.74) is 0. The summed E-state index contributed by atoms with van der Waals surface area (Å²) in [7, 11) is 2.87. The van der Waals surface area contributed by atoms with Crippen molar-refractivity contribution in [2.24, 2.45) is 0 Å². The Hall–Kier alpha value is 0.01000. The number of carbonyl (C=O) groups is 1. The van der Waals surface area contributed by atoms with Gasteiger partial charge in [0.2, 0.25) is 0 Å². The summed E-state index contributed by atoms with van der Waals surface area (Å²) in [5, 5.41) is 28.0. The minimum Gasteiger partial charge on any atom is -0.479 e. The Kier molecular flexibility index (Phi) is 3.39. The van der Waals surface area contributed by atoms with Crippen molar-refractivity contribution in [3.05, 3.63) is 0 Å². The molecule has 2 aliphatic rings. The lowest BCUT2D eigenvalue weighted by Crippen LogP contribution is -2.57. The van der Waals surface area contributed by atoms with Crippen molar-refractivity contribution >= 4 is 27.6 Å². The van der Waals surface area contributed by atoms with Gasteiger partial charge in [-0.15, -0.1) is 0 Å². The molecule has 0 bridgehead atoms. The molecule has 2 rings (SSSR count). The minimum absolute atomic E-state index is 0.199. The van der Waals surface area contributed by atoms with Crippen LogP contribution in [0, 0.1) is 0 Å². The quantitative estimate of drug-likeness (QED) is 0.472. The maximum Gasteiger partial charge on any atom is 0.335 e. The van der Waals surface area contributed by atoms with Crippen molar-refractivity contribution in [2.75, 3.05) is 6.61 Å².